The molecule has 88 valence electrons. The van der Waals surface area contributed by atoms with Crippen LogP contribution in [0.3, 0.4) is 0 Å². The van der Waals surface area contributed by atoms with Gasteiger partial charge in [0.1, 0.15) is 5.82 Å². The van der Waals surface area contributed by atoms with Gasteiger partial charge in [-0.2, -0.15) is 0 Å². The summed E-state index contributed by atoms with van der Waals surface area (Å²) in [5.41, 5.74) is 8.23. The highest BCUT2D eigenvalue weighted by atomic mass is 79.9. The van der Waals surface area contributed by atoms with Crippen molar-refractivity contribution < 1.29 is 4.39 Å². The van der Waals surface area contributed by atoms with Crippen molar-refractivity contribution in [3.63, 3.8) is 0 Å². The van der Waals surface area contributed by atoms with E-state index in [1.54, 1.807) is 6.07 Å². The minimum Gasteiger partial charge on any atom is -0.324 e. The molecule has 0 fully saturated rings. The fourth-order valence-corrected chi connectivity index (χ4v) is 2.43. The summed E-state index contributed by atoms with van der Waals surface area (Å²) < 4.78 is 13.7. The number of halogens is 2. The zero-order valence-electron chi connectivity index (χ0n) is 9.24. The van der Waals surface area contributed by atoms with E-state index in [0.29, 0.717) is 0 Å². The van der Waals surface area contributed by atoms with Gasteiger partial charge in [-0.05, 0) is 29.7 Å². The molecule has 0 amide bonds. The predicted molar refractivity (Wildman–Crippen MR) is 71.2 cm³/mol. The lowest BCUT2D eigenvalue weighted by atomic mass is 10.00. The van der Waals surface area contributed by atoms with Crippen LogP contribution < -0.4 is 5.73 Å². The van der Waals surface area contributed by atoms with Gasteiger partial charge in [0, 0.05) is 10.5 Å². The second kappa shape index (κ2) is 5.43. The molecule has 17 heavy (non-hydrogen) atoms. The van der Waals surface area contributed by atoms with Gasteiger partial charge in [0.05, 0.1) is 0 Å². The largest absolute Gasteiger partial charge is 0.324 e. The highest BCUT2D eigenvalue weighted by molar-refractivity contribution is 9.10. The lowest BCUT2D eigenvalue weighted by molar-refractivity contribution is 0.623. The van der Waals surface area contributed by atoms with Crippen LogP contribution in [-0.4, -0.2) is 0 Å². The first-order chi connectivity index (χ1) is 8.16. The lowest BCUT2D eigenvalue weighted by Crippen LogP contribution is -2.14. The fourth-order valence-electron chi connectivity index (χ4n) is 1.78. The third-order valence-electron chi connectivity index (χ3n) is 2.66. The van der Waals surface area contributed by atoms with Gasteiger partial charge in [-0.25, -0.2) is 4.39 Å². The summed E-state index contributed by atoms with van der Waals surface area (Å²) in [4.78, 5) is 0. The standard InChI is InChI=1S/C14H13BrFN/c15-13-9-11(16)6-7-12(13)14(17)8-10-4-2-1-3-5-10/h1-7,9,14H,8,17H2. The molecular formula is C14H13BrFN. The van der Waals surface area contributed by atoms with Crippen LogP contribution in [0.15, 0.2) is 53.0 Å². The van der Waals surface area contributed by atoms with E-state index in [2.05, 4.69) is 15.9 Å². The minimum atomic E-state index is -0.257. The molecule has 0 spiro atoms. The maximum absolute atomic E-state index is 13.0. The smallest absolute Gasteiger partial charge is 0.124 e. The fraction of sp³-hybridized carbons (Fsp3) is 0.143. The van der Waals surface area contributed by atoms with Crippen LogP contribution in [0.5, 0.6) is 0 Å². The van der Waals surface area contributed by atoms with Gasteiger partial charge >= 0.3 is 0 Å². The number of hydrogen-bond acceptors (Lipinski definition) is 1. The third kappa shape index (κ3) is 3.14. The van der Waals surface area contributed by atoms with Gasteiger partial charge in [-0.1, -0.05) is 52.3 Å². The summed E-state index contributed by atoms with van der Waals surface area (Å²) in [5.74, 6) is -0.257. The van der Waals surface area contributed by atoms with Crippen LogP contribution in [0.1, 0.15) is 17.2 Å². The summed E-state index contributed by atoms with van der Waals surface area (Å²) in [6, 6.07) is 14.5. The van der Waals surface area contributed by atoms with Crippen LogP contribution in [0, 0.1) is 5.82 Å². The number of nitrogens with two attached hydrogens (primary N) is 1. The Morgan fingerprint density at radius 3 is 2.47 bits per heavy atom. The Kier molecular flexibility index (Phi) is 3.92. The van der Waals surface area contributed by atoms with Crippen LogP contribution in [0.4, 0.5) is 4.39 Å². The molecule has 0 saturated carbocycles. The Labute approximate surface area is 109 Å². The second-order valence-electron chi connectivity index (χ2n) is 3.96. The van der Waals surface area contributed by atoms with E-state index < -0.39 is 0 Å². The van der Waals surface area contributed by atoms with Crippen LogP contribution in [0.2, 0.25) is 0 Å². The van der Waals surface area contributed by atoms with Crippen molar-refractivity contribution in [2.24, 2.45) is 5.73 Å². The van der Waals surface area contributed by atoms with Crippen LogP contribution in [0.25, 0.3) is 0 Å². The number of benzene rings is 2. The molecule has 2 aromatic rings. The van der Waals surface area contributed by atoms with E-state index in [4.69, 9.17) is 5.73 Å². The van der Waals surface area contributed by atoms with E-state index in [9.17, 15) is 4.39 Å². The topological polar surface area (TPSA) is 26.0 Å². The molecule has 0 radical (unpaired) electrons. The zero-order chi connectivity index (χ0) is 12.3. The molecule has 1 unspecified atom stereocenters. The number of rotatable bonds is 3. The summed E-state index contributed by atoms with van der Waals surface area (Å²) in [7, 11) is 0. The summed E-state index contributed by atoms with van der Waals surface area (Å²) in [6.07, 6.45) is 0.741. The molecule has 1 atom stereocenters. The van der Waals surface area contributed by atoms with Crippen molar-refractivity contribution in [3.05, 3.63) is 69.9 Å². The SMILES string of the molecule is NC(Cc1ccccc1)c1ccc(F)cc1Br. The van der Waals surface area contributed by atoms with Gasteiger partial charge < -0.3 is 5.73 Å². The molecule has 0 bridgehead atoms. The van der Waals surface area contributed by atoms with Crippen molar-refractivity contribution >= 4 is 15.9 Å². The molecule has 0 aliphatic carbocycles. The van der Waals surface area contributed by atoms with Crippen molar-refractivity contribution in [2.75, 3.05) is 0 Å². The first kappa shape index (κ1) is 12.3. The van der Waals surface area contributed by atoms with E-state index >= 15 is 0 Å². The van der Waals surface area contributed by atoms with E-state index in [0.717, 1.165) is 16.5 Å². The molecule has 2 rings (SSSR count). The normalized spacial score (nSPS) is 12.4. The molecule has 0 aromatic heterocycles. The van der Waals surface area contributed by atoms with Gasteiger partial charge in [0.25, 0.3) is 0 Å². The maximum Gasteiger partial charge on any atom is 0.124 e. The van der Waals surface area contributed by atoms with Crippen LogP contribution in [-0.2, 0) is 6.42 Å². The Balaban J connectivity index is 2.17. The predicted octanol–water partition coefficient (Wildman–Crippen LogP) is 3.83. The van der Waals surface area contributed by atoms with Crippen molar-refractivity contribution in [2.45, 2.75) is 12.5 Å². The summed E-state index contributed by atoms with van der Waals surface area (Å²) >= 11 is 3.34. The Hall–Kier alpha value is -1.19. The molecule has 2 aromatic carbocycles. The second-order valence-corrected chi connectivity index (χ2v) is 4.82. The van der Waals surface area contributed by atoms with Crippen LogP contribution >= 0.6 is 15.9 Å². The molecule has 3 heteroatoms. The maximum atomic E-state index is 13.0. The van der Waals surface area contributed by atoms with Gasteiger partial charge in [-0.3, -0.25) is 0 Å². The van der Waals surface area contributed by atoms with Crippen molar-refractivity contribution in [3.8, 4) is 0 Å². The van der Waals surface area contributed by atoms with Gasteiger partial charge in [-0.15, -0.1) is 0 Å². The van der Waals surface area contributed by atoms with E-state index in [-0.39, 0.29) is 11.9 Å². The molecule has 0 aliphatic heterocycles. The molecular weight excluding hydrogens is 281 g/mol. The lowest BCUT2D eigenvalue weighted by Gasteiger charge is -2.14. The molecule has 1 nitrogen and oxygen atoms in total. The quantitative estimate of drug-likeness (QED) is 0.914. The monoisotopic (exact) mass is 293 g/mol. The van der Waals surface area contributed by atoms with Gasteiger partial charge in [0.2, 0.25) is 0 Å². The van der Waals surface area contributed by atoms with Gasteiger partial charge in [0.15, 0.2) is 0 Å². The van der Waals surface area contributed by atoms with Crippen molar-refractivity contribution in [1.82, 2.24) is 0 Å². The molecule has 0 saturated heterocycles. The Morgan fingerprint density at radius 2 is 1.82 bits per heavy atom. The molecule has 0 aliphatic rings. The molecule has 0 heterocycles. The average molecular weight is 294 g/mol. The van der Waals surface area contributed by atoms with Crippen molar-refractivity contribution in [1.29, 1.82) is 0 Å². The minimum absolute atomic E-state index is 0.132. The first-order valence-corrected chi connectivity index (χ1v) is 6.20. The molecule has 2 N–H and O–H groups in total. The Morgan fingerprint density at radius 1 is 1.12 bits per heavy atom. The van der Waals surface area contributed by atoms with E-state index in [1.165, 1.54) is 17.7 Å². The third-order valence-corrected chi connectivity index (χ3v) is 3.35. The average Bonchev–Trinajstić information content (AvgIpc) is 2.30. The summed E-state index contributed by atoms with van der Waals surface area (Å²) in [5, 5.41) is 0. The zero-order valence-corrected chi connectivity index (χ0v) is 10.8. The Bertz CT molecular complexity index is 499. The highest BCUT2D eigenvalue weighted by Crippen LogP contribution is 2.25. The first-order valence-electron chi connectivity index (χ1n) is 5.41. The number of hydrogen-bond donors (Lipinski definition) is 1. The highest BCUT2D eigenvalue weighted by Gasteiger charge is 2.11. The van der Waals surface area contributed by atoms with E-state index in [1.807, 2.05) is 30.3 Å². The summed E-state index contributed by atoms with van der Waals surface area (Å²) in [6.45, 7) is 0.